The first-order valence-electron chi connectivity index (χ1n) is 6.78. The van der Waals surface area contributed by atoms with Crippen LogP contribution in [0, 0.1) is 11.3 Å². The van der Waals surface area contributed by atoms with E-state index in [9.17, 15) is 4.79 Å². The molecule has 0 aliphatic rings. The molecule has 22 heavy (non-hydrogen) atoms. The number of rotatable bonds is 5. The van der Waals surface area contributed by atoms with Crippen molar-refractivity contribution < 1.29 is 4.79 Å². The van der Waals surface area contributed by atoms with Gasteiger partial charge in [-0.25, -0.2) is 4.99 Å². The second kappa shape index (κ2) is 10.8. The number of hydrogen-bond acceptors (Lipinski definition) is 3. The van der Waals surface area contributed by atoms with Crippen LogP contribution in [0.1, 0.15) is 18.1 Å². The molecule has 0 saturated heterocycles. The molecule has 120 valence electrons. The number of aliphatic imine (C=N–C) groups is 1. The summed E-state index contributed by atoms with van der Waals surface area (Å²) in [5.74, 6) is 0.558. The number of carbonyl (C=O) groups excluding carboxylic acids is 1. The summed E-state index contributed by atoms with van der Waals surface area (Å²) in [6, 6.07) is 9.41. The van der Waals surface area contributed by atoms with Crippen molar-refractivity contribution in [2.24, 2.45) is 4.99 Å². The van der Waals surface area contributed by atoms with Crippen LogP contribution in [0.2, 0.25) is 0 Å². The molecule has 0 spiro atoms. The summed E-state index contributed by atoms with van der Waals surface area (Å²) < 4.78 is 0. The molecule has 0 heterocycles. The Morgan fingerprint density at radius 1 is 1.36 bits per heavy atom. The van der Waals surface area contributed by atoms with Crippen molar-refractivity contribution in [3.63, 3.8) is 0 Å². The molecule has 1 rings (SSSR count). The third-order valence-corrected chi connectivity index (χ3v) is 2.73. The number of nitrogens with zero attached hydrogens (tertiary/aromatic N) is 3. The van der Waals surface area contributed by atoms with E-state index in [-0.39, 0.29) is 36.4 Å². The first kappa shape index (κ1) is 20.2. The van der Waals surface area contributed by atoms with E-state index in [1.165, 1.54) is 4.90 Å². The summed E-state index contributed by atoms with van der Waals surface area (Å²) in [4.78, 5) is 17.5. The van der Waals surface area contributed by atoms with Crippen LogP contribution in [0.15, 0.2) is 29.3 Å². The fourth-order valence-electron chi connectivity index (χ4n) is 1.57. The lowest BCUT2D eigenvalue weighted by atomic mass is 10.1. The van der Waals surface area contributed by atoms with E-state index < -0.39 is 0 Å². The maximum absolute atomic E-state index is 11.6. The molecule has 1 amide bonds. The zero-order valence-electron chi connectivity index (χ0n) is 13.1. The second-order valence-electron chi connectivity index (χ2n) is 4.65. The molecule has 0 bridgehead atoms. The first-order valence-corrected chi connectivity index (χ1v) is 6.78. The van der Waals surface area contributed by atoms with Gasteiger partial charge in [0.15, 0.2) is 5.96 Å². The van der Waals surface area contributed by atoms with Crippen LogP contribution in [0.4, 0.5) is 0 Å². The van der Waals surface area contributed by atoms with Gasteiger partial charge in [-0.15, -0.1) is 24.0 Å². The molecule has 0 saturated carbocycles. The molecular formula is C15H22IN5O. The summed E-state index contributed by atoms with van der Waals surface area (Å²) in [7, 11) is 3.42. The third kappa shape index (κ3) is 7.26. The van der Waals surface area contributed by atoms with Crippen LogP contribution in [-0.4, -0.2) is 44.0 Å². The van der Waals surface area contributed by atoms with Crippen molar-refractivity contribution in [3.05, 3.63) is 35.4 Å². The van der Waals surface area contributed by atoms with Gasteiger partial charge in [0, 0.05) is 20.6 Å². The van der Waals surface area contributed by atoms with Crippen molar-refractivity contribution in [3.8, 4) is 6.07 Å². The highest BCUT2D eigenvalue weighted by molar-refractivity contribution is 14.0. The largest absolute Gasteiger partial charge is 0.357 e. The number of guanidine groups is 1. The molecule has 1 aromatic carbocycles. The quantitative estimate of drug-likeness (QED) is 0.432. The third-order valence-electron chi connectivity index (χ3n) is 2.73. The Bertz CT molecular complexity index is 551. The minimum atomic E-state index is -0.0212. The zero-order valence-corrected chi connectivity index (χ0v) is 15.4. The number of nitriles is 1. The van der Waals surface area contributed by atoms with Gasteiger partial charge in [-0.3, -0.25) is 4.79 Å². The molecule has 0 aliphatic heterocycles. The second-order valence-corrected chi connectivity index (χ2v) is 4.65. The number of likely N-dealkylation sites (N-methyl/N-ethyl adjacent to an activating group) is 1. The Morgan fingerprint density at radius 3 is 2.68 bits per heavy atom. The Morgan fingerprint density at radius 2 is 2.09 bits per heavy atom. The Labute approximate surface area is 148 Å². The highest BCUT2D eigenvalue weighted by atomic mass is 127. The first-order chi connectivity index (χ1) is 10.1. The zero-order chi connectivity index (χ0) is 15.7. The van der Waals surface area contributed by atoms with Crippen LogP contribution < -0.4 is 10.6 Å². The summed E-state index contributed by atoms with van der Waals surface area (Å²) in [6.45, 7) is 3.31. The predicted octanol–water partition coefficient (Wildman–Crippen LogP) is 1.32. The number of amides is 1. The van der Waals surface area contributed by atoms with Crippen molar-refractivity contribution in [1.29, 1.82) is 5.26 Å². The van der Waals surface area contributed by atoms with Gasteiger partial charge in [0.05, 0.1) is 24.7 Å². The maximum Gasteiger partial charge on any atom is 0.241 e. The van der Waals surface area contributed by atoms with E-state index in [1.807, 2.05) is 19.1 Å². The average Bonchev–Trinajstić information content (AvgIpc) is 2.49. The van der Waals surface area contributed by atoms with E-state index in [0.717, 1.165) is 5.56 Å². The van der Waals surface area contributed by atoms with Gasteiger partial charge >= 0.3 is 0 Å². The maximum atomic E-state index is 11.6. The summed E-state index contributed by atoms with van der Waals surface area (Å²) in [5.41, 5.74) is 1.56. The summed E-state index contributed by atoms with van der Waals surface area (Å²) in [6.07, 6.45) is 0. The molecule has 0 aliphatic carbocycles. The minimum Gasteiger partial charge on any atom is -0.357 e. The van der Waals surface area contributed by atoms with Crippen LogP contribution in [0.25, 0.3) is 0 Å². The fraction of sp³-hybridized carbons (Fsp3) is 0.400. The highest BCUT2D eigenvalue weighted by Gasteiger charge is 2.05. The molecule has 0 aromatic heterocycles. The van der Waals surface area contributed by atoms with E-state index in [2.05, 4.69) is 21.7 Å². The number of carbonyl (C=O) groups is 1. The van der Waals surface area contributed by atoms with E-state index in [1.54, 1.807) is 26.2 Å². The molecular weight excluding hydrogens is 393 g/mol. The molecule has 6 nitrogen and oxygen atoms in total. The van der Waals surface area contributed by atoms with Crippen LogP contribution in [-0.2, 0) is 11.3 Å². The van der Waals surface area contributed by atoms with Gasteiger partial charge in [-0.1, -0.05) is 12.1 Å². The lowest BCUT2D eigenvalue weighted by molar-refractivity contribution is -0.127. The SMILES string of the molecule is CCNC(=NCc1cccc(C#N)c1)NCC(=O)N(C)C.I. The van der Waals surface area contributed by atoms with Gasteiger partial charge < -0.3 is 15.5 Å². The highest BCUT2D eigenvalue weighted by Crippen LogP contribution is 2.05. The van der Waals surface area contributed by atoms with Gasteiger partial charge in [-0.2, -0.15) is 5.26 Å². The monoisotopic (exact) mass is 415 g/mol. The number of nitrogens with one attached hydrogen (secondary N) is 2. The molecule has 0 radical (unpaired) electrons. The van der Waals surface area contributed by atoms with Crippen LogP contribution >= 0.6 is 24.0 Å². The lowest BCUT2D eigenvalue weighted by Gasteiger charge is -2.14. The van der Waals surface area contributed by atoms with Gasteiger partial charge in [-0.05, 0) is 24.6 Å². The van der Waals surface area contributed by atoms with Crippen molar-refractivity contribution in [2.45, 2.75) is 13.5 Å². The average molecular weight is 415 g/mol. The van der Waals surface area contributed by atoms with Gasteiger partial charge in [0.25, 0.3) is 0 Å². The normalized spacial score (nSPS) is 10.2. The Kier molecular flexibility index (Phi) is 9.95. The molecule has 2 N–H and O–H groups in total. The standard InChI is InChI=1S/C15H21N5O.HI/c1-4-17-15(19-11-14(21)20(2)3)18-10-13-7-5-6-12(8-13)9-16;/h5-8H,4,10-11H2,1-3H3,(H2,17,18,19);1H. The van der Waals surface area contributed by atoms with Crippen LogP contribution in [0.3, 0.4) is 0 Å². The van der Waals surface area contributed by atoms with Crippen LogP contribution in [0.5, 0.6) is 0 Å². The molecule has 0 fully saturated rings. The Balaban J connectivity index is 0.00000441. The minimum absolute atomic E-state index is 0. The lowest BCUT2D eigenvalue weighted by Crippen LogP contribution is -2.42. The predicted molar refractivity (Wildman–Crippen MR) is 98.1 cm³/mol. The summed E-state index contributed by atoms with van der Waals surface area (Å²) >= 11 is 0. The van der Waals surface area contributed by atoms with Gasteiger partial charge in [0.1, 0.15) is 0 Å². The van der Waals surface area contributed by atoms with Gasteiger partial charge in [0.2, 0.25) is 5.91 Å². The number of halogens is 1. The number of hydrogen-bond donors (Lipinski definition) is 2. The molecule has 0 atom stereocenters. The fourth-order valence-corrected chi connectivity index (χ4v) is 1.57. The molecule has 0 unspecified atom stereocenters. The topological polar surface area (TPSA) is 80.5 Å². The van der Waals surface area contributed by atoms with E-state index >= 15 is 0 Å². The van der Waals surface area contributed by atoms with E-state index in [0.29, 0.717) is 24.6 Å². The van der Waals surface area contributed by atoms with Crippen molar-refractivity contribution >= 4 is 35.8 Å². The smallest absolute Gasteiger partial charge is 0.241 e. The number of benzene rings is 1. The molecule has 1 aromatic rings. The van der Waals surface area contributed by atoms with E-state index in [4.69, 9.17) is 5.26 Å². The van der Waals surface area contributed by atoms with Crippen molar-refractivity contribution in [2.75, 3.05) is 27.2 Å². The Hall–Kier alpha value is -1.82. The summed E-state index contributed by atoms with van der Waals surface area (Å²) in [5, 5.41) is 14.9. The molecule has 7 heteroatoms. The van der Waals surface area contributed by atoms with Crippen molar-refractivity contribution in [1.82, 2.24) is 15.5 Å².